The monoisotopic (exact) mass is 579 g/mol. The van der Waals surface area contributed by atoms with E-state index in [0.717, 1.165) is 27.7 Å². The Morgan fingerprint density at radius 2 is 1.37 bits per heavy atom. The Balaban J connectivity index is 1.24. The Morgan fingerprint density at radius 1 is 0.837 bits per heavy atom. The van der Waals surface area contributed by atoms with Gasteiger partial charge in [0.25, 0.3) is 23.4 Å². The maximum atomic E-state index is 13.7. The molecule has 11 nitrogen and oxygen atoms in total. The molecule has 3 amide bonds. The van der Waals surface area contributed by atoms with Crippen LogP contribution in [0.2, 0.25) is 0 Å². The molecule has 3 aromatic rings. The largest absolute Gasteiger partial charge is 0.423 e. The number of carbonyl (C=O) groups excluding carboxylic acids is 5. The number of hydrazine groups is 1. The number of rotatable bonds is 8. The number of Topliss-reactive ketones (excluding diaryl/α,β-unsaturated/α-hetero) is 1. The molecule has 1 saturated carbocycles. The summed E-state index contributed by atoms with van der Waals surface area (Å²) in [5.74, 6) is -4.31. The van der Waals surface area contributed by atoms with E-state index in [1.165, 1.54) is 36.4 Å². The highest BCUT2D eigenvalue weighted by Crippen LogP contribution is 2.52. The standard InChI is InChI=1S/C32H25N3O8/c1-18-2-4-21(5-3-18)32(40)43-25-14-10-19(11-15-25)26(36)17-33(29(37)20-8-12-24(13-9-20)35(41)42)34-30(38)27-22-6-7-23(16-22)28(27)31(34)39/h2-15,22-23,27-28H,16-17H2,1H3/t22-,23-,27-,28-/m0/s1. The molecule has 3 aromatic carbocycles. The summed E-state index contributed by atoms with van der Waals surface area (Å²) in [7, 11) is 0. The Bertz CT molecular complexity index is 1670. The SMILES string of the molecule is Cc1ccc(C(=O)Oc2ccc(C(=O)CN(C(=O)c3ccc([N+](=O)[O-])cc3)N3C(=O)[C@@H]4[C@@H](C3=O)[C@H]3C=C[C@H]4C3)cc2)cc1. The van der Waals surface area contributed by atoms with Crippen LogP contribution in [0.15, 0.2) is 84.9 Å². The highest BCUT2D eigenvalue weighted by Gasteiger charge is 2.61. The number of carbonyl (C=O) groups is 5. The number of ketones is 1. The van der Waals surface area contributed by atoms with Gasteiger partial charge in [-0.05, 0) is 73.7 Å². The molecule has 0 N–H and O–H groups in total. The zero-order valence-electron chi connectivity index (χ0n) is 22.9. The van der Waals surface area contributed by atoms with Crippen molar-refractivity contribution in [2.24, 2.45) is 23.7 Å². The second-order valence-corrected chi connectivity index (χ2v) is 10.9. The van der Waals surface area contributed by atoms with E-state index in [2.05, 4.69) is 0 Å². The number of amides is 3. The average molecular weight is 580 g/mol. The van der Waals surface area contributed by atoms with Crippen LogP contribution in [0.3, 0.4) is 0 Å². The van der Waals surface area contributed by atoms with Gasteiger partial charge in [0.1, 0.15) is 12.3 Å². The van der Waals surface area contributed by atoms with Crippen LogP contribution in [0, 0.1) is 40.7 Å². The minimum Gasteiger partial charge on any atom is -0.423 e. The van der Waals surface area contributed by atoms with Crippen molar-refractivity contribution < 1.29 is 33.6 Å². The zero-order valence-corrected chi connectivity index (χ0v) is 22.9. The number of nitro benzene ring substituents is 1. The first kappa shape index (κ1) is 27.7. The lowest BCUT2D eigenvalue weighted by atomic mass is 9.85. The number of allylic oxidation sites excluding steroid dienone is 2. The number of esters is 1. The van der Waals surface area contributed by atoms with E-state index >= 15 is 0 Å². The van der Waals surface area contributed by atoms with Crippen molar-refractivity contribution in [3.8, 4) is 5.75 Å². The molecule has 216 valence electrons. The Labute approximate surface area is 245 Å². The number of nitro groups is 1. The summed E-state index contributed by atoms with van der Waals surface area (Å²) in [6.45, 7) is 1.26. The van der Waals surface area contributed by atoms with Crippen molar-refractivity contribution >= 4 is 35.2 Å². The van der Waals surface area contributed by atoms with Gasteiger partial charge in [0.15, 0.2) is 5.78 Å². The first-order chi connectivity index (χ1) is 20.6. The van der Waals surface area contributed by atoms with Gasteiger partial charge in [-0.1, -0.05) is 29.8 Å². The molecule has 2 fully saturated rings. The van der Waals surface area contributed by atoms with Gasteiger partial charge in [-0.2, -0.15) is 5.01 Å². The molecule has 6 rings (SSSR count). The van der Waals surface area contributed by atoms with Crippen LogP contribution < -0.4 is 4.74 Å². The van der Waals surface area contributed by atoms with Gasteiger partial charge < -0.3 is 4.74 Å². The predicted molar refractivity (Wildman–Crippen MR) is 151 cm³/mol. The van der Waals surface area contributed by atoms with Gasteiger partial charge >= 0.3 is 5.97 Å². The Hall–Kier alpha value is -5.45. The van der Waals surface area contributed by atoms with Crippen molar-refractivity contribution in [2.45, 2.75) is 13.3 Å². The van der Waals surface area contributed by atoms with Crippen LogP contribution in [-0.4, -0.2) is 51.0 Å². The van der Waals surface area contributed by atoms with E-state index in [-0.39, 0.29) is 34.4 Å². The number of nitrogens with zero attached hydrogens (tertiary/aromatic N) is 3. The van der Waals surface area contributed by atoms with Gasteiger partial charge in [-0.15, -0.1) is 0 Å². The third-order valence-corrected chi connectivity index (χ3v) is 8.22. The molecule has 1 saturated heterocycles. The minimum atomic E-state index is -0.825. The molecule has 2 aliphatic carbocycles. The van der Waals surface area contributed by atoms with Gasteiger partial charge in [0.05, 0.1) is 22.3 Å². The van der Waals surface area contributed by atoms with Crippen LogP contribution in [0.25, 0.3) is 0 Å². The maximum absolute atomic E-state index is 13.7. The van der Waals surface area contributed by atoms with Crippen LogP contribution in [0.1, 0.15) is 43.1 Å². The molecule has 3 aliphatic rings. The molecule has 0 unspecified atom stereocenters. The summed E-state index contributed by atoms with van der Waals surface area (Å²) in [4.78, 5) is 77.1. The summed E-state index contributed by atoms with van der Waals surface area (Å²) in [5, 5.41) is 12.7. The number of benzene rings is 3. The molecule has 11 heteroatoms. The lowest BCUT2D eigenvalue weighted by Crippen LogP contribution is -2.52. The number of non-ortho nitro benzene ring substituents is 1. The second-order valence-electron chi connectivity index (χ2n) is 10.9. The summed E-state index contributed by atoms with van der Waals surface area (Å²) in [6.07, 6.45) is 4.53. The molecule has 2 bridgehead atoms. The molecule has 1 aliphatic heterocycles. The van der Waals surface area contributed by atoms with E-state index in [1.54, 1.807) is 24.3 Å². The molecule has 1 heterocycles. The molecule has 4 atom stereocenters. The van der Waals surface area contributed by atoms with E-state index in [1.807, 2.05) is 19.1 Å². The molecular formula is C32H25N3O8. The minimum absolute atomic E-state index is 0.0319. The topological polar surface area (TPSA) is 144 Å². The van der Waals surface area contributed by atoms with Crippen molar-refractivity contribution in [2.75, 3.05) is 6.54 Å². The number of aryl methyl sites for hydroxylation is 1. The highest BCUT2D eigenvalue weighted by molar-refractivity contribution is 6.10. The normalized spacial score (nSPS) is 21.6. The smallest absolute Gasteiger partial charge is 0.343 e. The van der Waals surface area contributed by atoms with Gasteiger partial charge in [-0.3, -0.25) is 29.3 Å². The lowest BCUT2D eigenvalue weighted by Gasteiger charge is -2.30. The summed E-state index contributed by atoms with van der Waals surface area (Å²) >= 11 is 0. The van der Waals surface area contributed by atoms with Crippen LogP contribution in [0.5, 0.6) is 5.75 Å². The Kier molecular flexibility index (Phi) is 6.93. The van der Waals surface area contributed by atoms with Crippen molar-refractivity contribution in [1.82, 2.24) is 10.0 Å². The van der Waals surface area contributed by atoms with E-state index in [0.29, 0.717) is 12.0 Å². The van der Waals surface area contributed by atoms with Crippen LogP contribution in [0.4, 0.5) is 5.69 Å². The number of hydrogen-bond donors (Lipinski definition) is 0. The fraction of sp³-hybridized carbons (Fsp3) is 0.219. The van der Waals surface area contributed by atoms with Crippen molar-refractivity contribution in [3.05, 3.63) is 117 Å². The van der Waals surface area contributed by atoms with E-state index < -0.39 is 52.8 Å². The lowest BCUT2D eigenvalue weighted by molar-refractivity contribution is -0.384. The molecule has 0 aromatic heterocycles. The first-order valence-corrected chi connectivity index (χ1v) is 13.7. The highest BCUT2D eigenvalue weighted by atomic mass is 16.6. The third-order valence-electron chi connectivity index (χ3n) is 8.22. The number of fused-ring (bicyclic) bond motifs is 5. The quantitative estimate of drug-likeness (QED) is 0.0736. The fourth-order valence-electron chi connectivity index (χ4n) is 6.02. The van der Waals surface area contributed by atoms with E-state index in [9.17, 15) is 34.1 Å². The summed E-state index contributed by atoms with van der Waals surface area (Å²) < 4.78 is 5.39. The Morgan fingerprint density at radius 3 is 1.93 bits per heavy atom. The first-order valence-electron chi connectivity index (χ1n) is 13.7. The van der Waals surface area contributed by atoms with Gasteiger partial charge in [-0.25, -0.2) is 9.80 Å². The predicted octanol–water partition coefficient (Wildman–Crippen LogP) is 4.17. The maximum Gasteiger partial charge on any atom is 0.343 e. The second kappa shape index (κ2) is 10.8. The van der Waals surface area contributed by atoms with Gasteiger partial charge in [0.2, 0.25) is 0 Å². The summed E-state index contributed by atoms with van der Waals surface area (Å²) in [6, 6.07) is 17.3. The fourth-order valence-corrected chi connectivity index (χ4v) is 6.02. The number of ether oxygens (including phenoxy) is 1. The van der Waals surface area contributed by atoms with Crippen LogP contribution in [-0.2, 0) is 9.59 Å². The molecule has 0 radical (unpaired) electrons. The van der Waals surface area contributed by atoms with Gasteiger partial charge in [0, 0.05) is 23.3 Å². The third kappa shape index (κ3) is 4.99. The summed E-state index contributed by atoms with van der Waals surface area (Å²) in [5.41, 5.74) is 1.23. The molecular weight excluding hydrogens is 554 g/mol. The number of imide groups is 1. The molecule has 0 spiro atoms. The van der Waals surface area contributed by atoms with Crippen molar-refractivity contribution in [1.29, 1.82) is 0 Å². The molecule has 43 heavy (non-hydrogen) atoms. The van der Waals surface area contributed by atoms with E-state index in [4.69, 9.17) is 4.74 Å². The van der Waals surface area contributed by atoms with Crippen LogP contribution >= 0.6 is 0 Å². The zero-order chi connectivity index (χ0) is 30.4. The number of hydrogen-bond acceptors (Lipinski definition) is 8. The average Bonchev–Trinajstić information content (AvgIpc) is 3.70. The van der Waals surface area contributed by atoms with Crippen molar-refractivity contribution in [3.63, 3.8) is 0 Å².